The van der Waals surface area contributed by atoms with Gasteiger partial charge in [0.15, 0.2) is 0 Å². The van der Waals surface area contributed by atoms with Crippen molar-refractivity contribution in [2.75, 3.05) is 0 Å². The molecule has 2 rings (SSSR count). The zero-order chi connectivity index (χ0) is 16.1. The third-order valence-corrected chi connectivity index (χ3v) is 3.81. The van der Waals surface area contributed by atoms with Crippen molar-refractivity contribution in [3.05, 3.63) is 75.8 Å². The Kier molecular flexibility index (Phi) is 5.40. The van der Waals surface area contributed by atoms with Crippen molar-refractivity contribution in [3.63, 3.8) is 0 Å². The van der Waals surface area contributed by atoms with Gasteiger partial charge in [-0.25, -0.2) is 0 Å². The Bertz CT molecular complexity index is 689. The van der Waals surface area contributed by atoms with Gasteiger partial charge in [0.1, 0.15) is 0 Å². The molecule has 0 heterocycles. The highest BCUT2D eigenvalue weighted by Crippen LogP contribution is 2.19. The van der Waals surface area contributed by atoms with E-state index in [1.54, 1.807) is 24.3 Å². The standard InChI is InChI=1S/C19H20ClNO/c1-13-4-5-14(2)18(12-13)15(3)21-19(22)11-8-16-6-9-17(20)10-7-16/h4-12,15H,1-3H3,(H,21,22)/b11-8-/t15-/m1/s1. The molecule has 1 atom stereocenters. The van der Waals surface area contributed by atoms with E-state index in [0.717, 1.165) is 11.1 Å². The number of halogens is 1. The lowest BCUT2D eigenvalue weighted by Crippen LogP contribution is -2.25. The van der Waals surface area contributed by atoms with Crippen LogP contribution in [-0.4, -0.2) is 5.91 Å². The van der Waals surface area contributed by atoms with Crippen molar-refractivity contribution in [2.45, 2.75) is 26.8 Å². The van der Waals surface area contributed by atoms with Crippen LogP contribution in [0.25, 0.3) is 6.08 Å². The summed E-state index contributed by atoms with van der Waals surface area (Å²) in [5, 5.41) is 3.68. The number of hydrogen-bond acceptors (Lipinski definition) is 1. The van der Waals surface area contributed by atoms with Crippen LogP contribution in [0, 0.1) is 13.8 Å². The van der Waals surface area contributed by atoms with E-state index < -0.39 is 0 Å². The van der Waals surface area contributed by atoms with Crippen LogP contribution < -0.4 is 5.32 Å². The minimum absolute atomic E-state index is 0.0257. The molecule has 0 saturated carbocycles. The van der Waals surface area contributed by atoms with Gasteiger partial charge in [-0.3, -0.25) is 4.79 Å². The van der Waals surface area contributed by atoms with Gasteiger partial charge < -0.3 is 5.32 Å². The largest absolute Gasteiger partial charge is 0.346 e. The van der Waals surface area contributed by atoms with Gasteiger partial charge >= 0.3 is 0 Å². The fourth-order valence-corrected chi connectivity index (χ4v) is 2.44. The van der Waals surface area contributed by atoms with Crippen molar-refractivity contribution in [3.8, 4) is 0 Å². The molecular weight excluding hydrogens is 294 g/mol. The second-order valence-electron chi connectivity index (χ2n) is 5.48. The smallest absolute Gasteiger partial charge is 0.244 e. The molecule has 0 aliphatic carbocycles. The lowest BCUT2D eigenvalue weighted by Gasteiger charge is -2.16. The molecule has 2 aromatic rings. The van der Waals surface area contributed by atoms with E-state index in [2.05, 4.69) is 37.4 Å². The molecular formula is C19H20ClNO. The summed E-state index contributed by atoms with van der Waals surface area (Å²) >= 11 is 5.84. The summed E-state index contributed by atoms with van der Waals surface area (Å²) in [6.07, 6.45) is 3.33. The summed E-state index contributed by atoms with van der Waals surface area (Å²) in [5.74, 6) is -0.108. The lowest BCUT2D eigenvalue weighted by atomic mass is 10.00. The Labute approximate surface area is 136 Å². The number of aryl methyl sites for hydroxylation is 2. The summed E-state index contributed by atoms with van der Waals surface area (Å²) in [4.78, 5) is 12.0. The number of carbonyl (C=O) groups excluding carboxylic acids is 1. The van der Waals surface area contributed by atoms with Crippen molar-refractivity contribution < 1.29 is 4.79 Å². The van der Waals surface area contributed by atoms with Crippen LogP contribution >= 0.6 is 11.6 Å². The number of amides is 1. The zero-order valence-corrected chi connectivity index (χ0v) is 13.8. The van der Waals surface area contributed by atoms with E-state index in [-0.39, 0.29) is 11.9 Å². The maximum absolute atomic E-state index is 12.0. The number of nitrogens with one attached hydrogen (secondary N) is 1. The normalized spacial score (nSPS) is 12.4. The van der Waals surface area contributed by atoms with Gasteiger partial charge in [0.2, 0.25) is 5.91 Å². The number of carbonyl (C=O) groups is 1. The molecule has 0 spiro atoms. The van der Waals surface area contributed by atoms with Crippen LogP contribution in [0.15, 0.2) is 48.5 Å². The highest BCUT2D eigenvalue weighted by atomic mass is 35.5. The Morgan fingerprint density at radius 1 is 1.14 bits per heavy atom. The first-order valence-corrected chi connectivity index (χ1v) is 7.65. The van der Waals surface area contributed by atoms with Crippen LogP contribution in [0.4, 0.5) is 0 Å². The molecule has 0 saturated heterocycles. The van der Waals surface area contributed by atoms with E-state index in [1.165, 1.54) is 11.1 Å². The fourth-order valence-electron chi connectivity index (χ4n) is 2.31. The SMILES string of the molecule is Cc1ccc(C)c([C@@H](C)NC(=O)/C=C\c2ccc(Cl)cc2)c1. The fraction of sp³-hybridized carbons (Fsp3) is 0.211. The van der Waals surface area contributed by atoms with Crippen molar-refractivity contribution in [2.24, 2.45) is 0 Å². The van der Waals surface area contributed by atoms with Gasteiger partial charge in [0, 0.05) is 11.1 Å². The van der Waals surface area contributed by atoms with Gasteiger partial charge in [0.25, 0.3) is 0 Å². The second-order valence-corrected chi connectivity index (χ2v) is 5.91. The summed E-state index contributed by atoms with van der Waals surface area (Å²) in [5.41, 5.74) is 4.46. The molecule has 1 amide bonds. The number of rotatable bonds is 4. The van der Waals surface area contributed by atoms with Crippen molar-refractivity contribution in [1.82, 2.24) is 5.32 Å². The predicted octanol–water partition coefficient (Wildman–Crippen LogP) is 4.85. The monoisotopic (exact) mass is 313 g/mol. The topological polar surface area (TPSA) is 29.1 Å². The Morgan fingerprint density at radius 2 is 1.82 bits per heavy atom. The molecule has 3 heteroatoms. The molecule has 1 N–H and O–H groups in total. The van der Waals surface area contributed by atoms with Crippen LogP contribution in [0.3, 0.4) is 0 Å². The number of benzene rings is 2. The Morgan fingerprint density at radius 3 is 2.50 bits per heavy atom. The second kappa shape index (κ2) is 7.28. The van der Waals surface area contributed by atoms with Gasteiger partial charge in [0.05, 0.1) is 6.04 Å². The first kappa shape index (κ1) is 16.3. The molecule has 0 bridgehead atoms. The van der Waals surface area contributed by atoms with Crippen molar-refractivity contribution >= 4 is 23.6 Å². The Hall–Kier alpha value is -2.06. The van der Waals surface area contributed by atoms with Gasteiger partial charge in [-0.1, -0.05) is 47.5 Å². The molecule has 2 nitrogen and oxygen atoms in total. The molecule has 2 aromatic carbocycles. The van der Waals surface area contributed by atoms with Gasteiger partial charge in [-0.2, -0.15) is 0 Å². The predicted molar refractivity (Wildman–Crippen MR) is 93.0 cm³/mol. The lowest BCUT2D eigenvalue weighted by molar-refractivity contribution is -0.117. The quantitative estimate of drug-likeness (QED) is 0.803. The average Bonchev–Trinajstić information content (AvgIpc) is 2.49. The van der Waals surface area contributed by atoms with Crippen LogP contribution in [-0.2, 0) is 4.79 Å². The molecule has 0 aliphatic rings. The summed E-state index contributed by atoms with van der Waals surface area (Å²) in [7, 11) is 0. The van der Waals surface area contributed by atoms with E-state index in [4.69, 9.17) is 11.6 Å². The van der Waals surface area contributed by atoms with Crippen LogP contribution in [0.1, 0.15) is 35.2 Å². The van der Waals surface area contributed by atoms with Gasteiger partial charge in [-0.05, 0) is 55.7 Å². The average molecular weight is 314 g/mol. The van der Waals surface area contributed by atoms with E-state index >= 15 is 0 Å². The highest BCUT2D eigenvalue weighted by Gasteiger charge is 2.10. The van der Waals surface area contributed by atoms with E-state index in [0.29, 0.717) is 5.02 Å². The zero-order valence-electron chi connectivity index (χ0n) is 13.1. The van der Waals surface area contributed by atoms with Crippen LogP contribution in [0.5, 0.6) is 0 Å². The van der Waals surface area contributed by atoms with E-state index in [1.807, 2.05) is 19.1 Å². The third kappa shape index (κ3) is 4.47. The molecule has 0 aliphatic heterocycles. The first-order valence-electron chi connectivity index (χ1n) is 7.27. The molecule has 22 heavy (non-hydrogen) atoms. The minimum atomic E-state index is -0.108. The maximum Gasteiger partial charge on any atom is 0.244 e. The van der Waals surface area contributed by atoms with Gasteiger partial charge in [-0.15, -0.1) is 0 Å². The van der Waals surface area contributed by atoms with E-state index in [9.17, 15) is 4.79 Å². The molecule has 0 radical (unpaired) electrons. The molecule has 0 aromatic heterocycles. The molecule has 114 valence electrons. The third-order valence-electron chi connectivity index (χ3n) is 3.56. The minimum Gasteiger partial charge on any atom is -0.346 e. The first-order chi connectivity index (χ1) is 10.5. The maximum atomic E-state index is 12.0. The summed E-state index contributed by atoms with van der Waals surface area (Å²) in [6, 6.07) is 13.6. The molecule has 0 fully saturated rings. The summed E-state index contributed by atoms with van der Waals surface area (Å²) in [6.45, 7) is 6.11. The Balaban J connectivity index is 2.02. The van der Waals surface area contributed by atoms with Crippen LogP contribution in [0.2, 0.25) is 5.02 Å². The summed E-state index contributed by atoms with van der Waals surface area (Å²) < 4.78 is 0. The molecule has 0 unspecified atom stereocenters. The van der Waals surface area contributed by atoms with Crippen molar-refractivity contribution in [1.29, 1.82) is 0 Å². The number of hydrogen-bond donors (Lipinski definition) is 1. The highest BCUT2D eigenvalue weighted by molar-refractivity contribution is 6.30.